The predicted molar refractivity (Wildman–Crippen MR) is 45.1 cm³/mol. The molecular formula is C9H9ClO. The van der Waals surface area contributed by atoms with Crippen LogP contribution in [0.25, 0.3) is 0 Å². The van der Waals surface area contributed by atoms with Crippen LogP contribution < -0.4 is 0 Å². The lowest BCUT2D eigenvalue weighted by Gasteiger charge is -2.02. The molecule has 0 aliphatic heterocycles. The molecule has 0 unspecified atom stereocenters. The van der Waals surface area contributed by atoms with Crippen molar-refractivity contribution in [1.82, 2.24) is 0 Å². The van der Waals surface area contributed by atoms with Crippen LogP contribution >= 0.6 is 11.6 Å². The molecule has 2 heteroatoms. The summed E-state index contributed by atoms with van der Waals surface area (Å²) < 4.78 is 0. The summed E-state index contributed by atoms with van der Waals surface area (Å²) in [6, 6.07) is 3.77. The molecule has 0 heterocycles. The standard InChI is InChI=1S/C9H9ClO/c10-8-5-4-6-2-1-3-7(6)9(8)11/h4-5,11H,1-3H2. The lowest BCUT2D eigenvalue weighted by molar-refractivity contribution is 0.469. The Balaban J connectivity index is 2.62. The fourth-order valence-electron chi connectivity index (χ4n) is 1.62. The largest absolute Gasteiger partial charge is 0.506 e. The third-order valence-electron chi connectivity index (χ3n) is 2.20. The van der Waals surface area contributed by atoms with Crippen molar-refractivity contribution in [2.24, 2.45) is 0 Å². The third-order valence-corrected chi connectivity index (χ3v) is 2.51. The number of rotatable bonds is 0. The average Bonchev–Trinajstić information content (AvgIpc) is 2.45. The molecule has 1 nitrogen and oxygen atoms in total. The van der Waals surface area contributed by atoms with Gasteiger partial charge in [-0.1, -0.05) is 17.7 Å². The number of benzene rings is 1. The molecule has 0 radical (unpaired) electrons. The van der Waals surface area contributed by atoms with E-state index < -0.39 is 0 Å². The van der Waals surface area contributed by atoms with Crippen LogP contribution in [0.15, 0.2) is 12.1 Å². The van der Waals surface area contributed by atoms with E-state index in [1.807, 2.05) is 6.07 Å². The molecule has 1 aromatic rings. The molecule has 0 amide bonds. The zero-order chi connectivity index (χ0) is 7.84. The smallest absolute Gasteiger partial charge is 0.137 e. The number of hydrogen-bond acceptors (Lipinski definition) is 1. The zero-order valence-electron chi connectivity index (χ0n) is 6.10. The van der Waals surface area contributed by atoms with E-state index in [0.29, 0.717) is 10.8 Å². The highest BCUT2D eigenvalue weighted by atomic mass is 35.5. The van der Waals surface area contributed by atoms with Gasteiger partial charge in [-0.2, -0.15) is 0 Å². The predicted octanol–water partition coefficient (Wildman–Crippen LogP) is 2.53. The van der Waals surface area contributed by atoms with E-state index in [9.17, 15) is 5.11 Å². The second-order valence-corrected chi connectivity index (χ2v) is 3.29. The van der Waals surface area contributed by atoms with E-state index in [2.05, 4.69) is 0 Å². The Morgan fingerprint density at radius 2 is 2.09 bits per heavy atom. The van der Waals surface area contributed by atoms with Crippen LogP contribution in [-0.4, -0.2) is 5.11 Å². The molecule has 0 spiro atoms. The van der Waals surface area contributed by atoms with Crippen LogP contribution in [0.5, 0.6) is 5.75 Å². The Hall–Kier alpha value is -0.690. The highest BCUT2D eigenvalue weighted by molar-refractivity contribution is 6.32. The van der Waals surface area contributed by atoms with Crippen molar-refractivity contribution >= 4 is 11.6 Å². The van der Waals surface area contributed by atoms with Crippen LogP contribution in [0, 0.1) is 0 Å². The van der Waals surface area contributed by atoms with Gasteiger partial charge in [-0.25, -0.2) is 0 Å². The number of aryl methyl sites for hydroxylation is 1. The van der Waals surface area contributed by atoms with E-state index in [1.165, 1.54) is 5.56 Å². The van der Waals surface area contributed by atoms with E-state index in [4.69, 9.17) is 11.6 Å². The highest BCUT2D eigenvalue weighted by Crippen LogP contribution is 2.35. The van der Waals surface area contributed by atoms with Gasteiger partial charge in [-0.05, 0) is 36.5 Å². The van der Waals surface area contributed by atoms with Crippen LogP contribution in [0.2, 0.25) is 5.02 Å². The number of phenols is 1. The molecular weight excluding hydrogens is 160 g/mol. The molecule has 1 aromatic carbocycles. The van der Waals surface area contributed by atoms with Gasteiger partial charge >= 0.3 is 0 Å². The van der Waals surface area contributed by atoms with Gasteiger partial charge in [-0.15, -0.1) is 0 Å². The fraction of sp³-hybridized carbons (Fsp3) is 0.333. The molecule has 0 saturated carbocycles. The molecule has 0 aromatic heterocycles. The quantitative estimate of drug-likeness (QED) is 0.631. The first-order valence-corrected chi connectivity index (χ1v) is 4.16. The third kappa shape index (κ3) is 1.000. The molecule has 11 heavy (non-hydrogen) atoms. The average molecular weight is 169 g/mol. The molecule has 1 aliphatic rings. The number of halogens is 1. The zero-order valence-corrected chi connectivity index (χ0v) is 6.86. The van der Waals surface area contributed by atoms with Crippen molar-refractivity contribution in [1.29, 1.82) is 0 Å². The Labute approximate surface area is 70.6 Å². The van der Waals surface area contributed by atoms with Gasteiger partial charge in [0.05, 0.1) is 5.02 Å². The van der Waals surface area contributed by atoms with E-state index in [-0.39, 0.29) is 0 Å². The van der Waals surface area contributed by atoms with Gasteiger partial charge in [0.1, 0.15) is 5.75 Å². The lowest BCUT2D eigenvalue weighted by Crippen LogP contribution is -1.82. The molecule has 2 rings (SSSR count). The van der Waals surface area contributed by atoms with Crippen LogP contribution in [-0.2, 0) is 12.8 Å². The van der Waals surface area contributed by atoms with Crippen molar-refractivity contribution in [3.63, 3.8) is 0 Å². The van der Waals surface area contributed by atoms with Gasteiger partial charge in [0.2, 0.25) is 0 Å². The summed E-state index contributed by atoms with van der Waals surface area (Å²) in [4.78, 5) is 0. The summed E-state index contributed by atoms with van der Waals surface area (Å²) in [5.41, 5.74) is 2.31. The number of fused-ring (bicyclic) bond motifs is 1. The molecule has 58 valence electrons. The first-order valence-electron chi connectivity index (χ1n) is 3.78. The Kier molecular flexibility index (Phi) is 1.53. The summed E-state index contributed by atoms with van der Waals surface area (Å²) in [6.45, 7) is 0. The first-order chi connectivity index (χ1) is 5.29. The minimum Gasteiger partial charge on any atom is -0.506 e. The lowest BCUT2D eigenvalue weighted by atomic mass is 10.1. The van der Waals surface area contributed by atoms with Crippen molar-refractivity contribution in [2.45, 2.75) is 19.3 Å². The molecule has 0 saturated heterocycles. The first kappa shape index (κ1) is 6.99. The Morgan fingerprint density at radius 1 is 1.27 bits per heavy atom. The SMILES string of the molecule is Oc1c(Cl)ccc2c1CCC2. The minimum absolute atomic E-state index is 0.293. The van der Waals surface area contributed by atoms with Gasteiger partial charge in [-0.3, -0.25) is 0 Å². The second kappa shape index (κ2) is 2.42. The topological polar surface area (TPSA) is 20.2 Å². The van der Waals surface area contributed by atoms with Gasteiger partial charge < -0.3 is 5.11 Å². The monoisotopic (exact) mass is 168 g/mol. The summed E-state index contributed by atoms with van der Waals surface area (Å²) in [5, 5.41) is 9.96. The highest BCUT2D eigenvalue weighted by Gasteiger charge is 2.15. The maximum atomic E-state index is 9.49. The van der Waals surface area contributed by atoms with E-state index in [0.717, 1.165) is 24.8 Å². The van der Waals surface area contributed by atoms with Crippen molar-refractivity contribution in [3.05, 3.63) is 28.3 Å². The van der Waals surface area contributed by atoms with Crippen molar-refractivity contribution in [3.8, 4) is 5.75 Å². The molecule has 0 fully saturated rings. The van der Waals surface area contributed by atoms with Crippen LogP contribution in [0.1, 0.15) is 17.5 Å². The Morgan fingerprint density at radius 3 is 2.91 bits per heavy atom. The maximum absolute atomic E-state index is 9.49. The molecule has 0 atom stereocenters. The minimum atomic E-state index is 0.293. The number of phenolic OH excluding ortho intramolecular Hbond substituents is 1. The van der Waals surface area contributed by atoms with Crippen LogP contribution in [0.4, 0.5) is 0 Å². The summed E-state index contributed by atoms with van der Waals surface area (Å²) in [5.74, 6) is 0.293. The summed E-state index contributed by atoms with van der Waals surface area (Å²) in [6.07, 6.45) is 3.20. The number of aromatic hydroxyl groups is 1. The normalized spacial score (nSPS) is 15.0. The second-order valence-electron chi connectivity index (χ2n) is 2.89. The van der Waals surface area contributed by atoms with Gasteiger partial charge in [0.15, 0.2) is 0 Å². The van der Waals surface area contributed by atoms with E-state index >= 15 is 0 Å². The Bertz CT molecular complexity index is 294. The molecule has 0 bridgehead atoms. The van der Waals surface area contributed by atoms with Crippen LogP contribution in [0.3, 0.4) is 0 Å². The molecule has 1 N–H and O–H groups in total. The maximum Gasteiger partial charge on any atom is 0.137 e. The van der Waals surface area contributed by atoms with E-state index in [1.54, 1.807) is 6.07 Å². The van der Waals surface area contributed by atoms with Gasteiger partial charge in [0, 0.05) is 0 Å². The summed E-state index contributed by atoms with van der Waals surface area (Å²) in [7, 11) is 0. The number of hydrogen-bond donors (Lipinski definition) is 1. The van der Waals surface area contributed by atoms with Crippen molar-refractivity contribution in [2.75, 3.05) is 0 Å². The van der Waals surface area contributed by atoms with Gasteiger partial charge in [0.25, 0.3) is 0 Å². The summed E-state index contributed by atoms with van der Waals surface area (Å²) >= 11 is 5.74. The van der Waals surface area contributed by atoms with Crippen molar-refractivity contribution < 1.29 is 5.11 Å². The fourth-order valence-corrected chi connectivity index (χ4v) is 1.80. The molecule has 1 aliphatic carbocycles.